The molecule has 0 radical (unpaired) electrons. The van der Waals surface area contributed by atoms with Gasteiger partial charge in [0.2, 0.25) is 0 Å². The predicted octanol–water partition coefficient (Wildman–Crippen LogP) is 3.52. The van der Waals surface area contributed by atoms with E-state index in [0.29, 0.717) is 5.92 Å². The SMILES string of the molecule is CCCOC1CC=C2C=C3OC(=O)C=C3CC2(C)C1C. The van der Waals surface area contributed by atoms with Gasteiger partial charge in [-0.2, -0.15) is 0 Å². The number of carbonyl (C=O) groups excluding carboxylic acids is 1. The van der Waals surface area contributed by atoms with Gasteiger partial charge in [-0.3, -0.25) is 0 Å². The first kappa shape index (κ1) is 13.6. The van der Waals surface area contributed by atoms with Crippen LogP contribution in [0, 0.1) is 11.3 Å². The average molecular weight is 274 g/mol. The van der Waals surface area contributed by atoms with Gasteiger partial charge in [-0.05, 0) is 36.8 Å². The van der Waals surface area contributed by atoms with Crippen molar-refractivity contribution in [1.29, 1.82) is 0 Å². The van der Waals surface area contributed by atoms with Crippen LogP contribution in [0.5, 0.6) is 0 Å². The number of fused-ring (bicyclic) bond motifs is 2. The predicted molar refractivity (Wildman–Crippen MR) is 76.9 cm³/mol. The molecular formula is C17H22O3. The summed E-state index contributed by atoms with van der Waals surface area (Å²) in [4.78, 5) is 11.4. The minimum absolute atomic E-state index is 0.0416. The lowest BCUT2D eigenvalue weighted by Gasteiger charge is -2.46. The number of esters is 1. The van der Waals surface area contributed by atoms with Crippen LogP contribution in [-0.2, 0) is 14.3 Å². The Labute approximate surface area is 120 Å². The van der Waals surface area contributed by atoms with Gasteiger partial charge in [-0.15, -0.1) is 0 Å². The normalized spacial score (nSPS) is 35.5. The quantitative estimate of drug-likeness (QED) is 0.739. The molecule has 3 nitrogen and oxygen atoms in total. The lowest BCUT2D eigenvalue weighted by Crippen LogP contribution is -2.41. The highest BCUT2D eigenvalue weighted by Gasteiger charge is 2.46. The van der Waals surface area contributed by atoms with E-state index in [9.17, 15) is 4.79 Å². The standard InChI is InChI=1S/C17H22O3/c1-4-7-19-14-6-5-13-9-15-12(8-16(18)20-15)10-17(13,3)11(14)2/h5,8-9,11,14H,4,6-7,10H2,1-3H3. The molecule has 3 rings (SSSR count). The molecule has 0 spiro atoms. The molecule has 3 aliphatic rings. The maximum Gasteiger partial charge on any atom is 0.336 e. The fourth-order valence-corrected chi connectivity index (χ4v) is 3.54. The highest BCUT2D eigenvalue weighted by Crippen LogP contribution is 2.52. The van der Waals surface area contributed by atoms with E-state index in [1.54, 1.807) is 6.08 Å². The minimum atomic E-state index is -0.236. The molecule has 2 aliphatic carbocycles. The van der Waals surface area contributed by atoms with Crippen LogP contribution < -0.4 is 0 Å². The van der Waals surface area contributed by atoms with Gasteiger partial charge in [-0.1, -0.05) is 26.8 Å². The molecule has 3 unspecified atom stereocenters. The molecule has 1 heterocycles. The Morgan fingerprint density at radius 3 is 3.00 bits per heavy atom. The van der Waals surface area contributed by atoms with Gasteiger partial charge in [0.25, 0.3) is 0 Å². The maximum atomic E-state index is 11.4. The van der Waals surface area contributed by atoms with Crippen LogP contribution in [-0.4, -0.2) is 18.7 Å². The summed E-state index contributed by atoms with van der Waals surface area (Å²) in [5.74, 6) is 0.947. The van der Waals surface area contributed by atoms with E-state index in [-0.39, 0.29) is 17.5 Å². The number of hydrogen-bond donors (Lipinski definition) is 0. The van der Waals surface area contributed by atoms with Gasteiger partial charge < -0.3 is 9.47 Å². The number of rotatable bonds is 3. The molecule has 108 valence electrons. The largest absolute Gasteiger partial charge is 0.423 e. The zero-order chi connectivity index (χ0) is 14.3. The number of hydrogen-bond acceptors (Lipinski definition) is 3. The van der Waals surface area contributed by atoms with Crippen molar-refractivity contribution in [2.75, 3.05) is 6.61 Å². The fourth-order valence-electron chi connectivity index (χ4n) is 3.54. The lowest BCUT2D eigenvalue weighted by atomic mass is 9.60. The lowest BCUT2D eigenvalue weighted by molar-refractivity contribution is -0.132. The Morgan fingerprint density at radius 1 is 1.45 bits per heavy atom. The van der Waals surface area contributed by atoms with Gasteiger partial charge in [0, 0.05) is 23.7 Å². The van der Waals surface area contributed by atoms with Gasteiger partial charge >= 0.3 is 5.97 Å². The summed E-state index contributed by atoms with van der Waals surface area (Å²) in [6.07, 6.45) is 9.08. The Balaban J connectivity index is 1.91. The number of carbonyl (C=O) groups is 1. The van der Waals surface area contributed by atoms with E-state index in [1.165, 1.54) is 5.57 Å². The van der Waals surface area contributed by atoms with Crippen molar-refractivity contribution in [1.82, 2.24) is 0 Å². The Morgan fingerprint density at radius 2 is 2.25 bits per heavy atom. The molecule has 3 atom stereocenters. The van der Waals surface area contributed by atoms with E-state index in [1.807, 2.05) is 6.08 Å². The van der Waals surface area contributed by atoms with Crippen molar-refractivity contribution in [3.05, 3.63) is 35.1 Å². The van der Waals surface area contributed by atoms with Crippen LogP contribution in [0.25, 0.3) is 0 Å². The molecule has 0 saturated carbocycles. The molecule has 1 aliphatic heterocycles. The third-order valence-electron chi connectivity index (χ3n) is 4.99. The van der Waals surface area contributed by atoms with E-state index >= 15 is 0 Å². The van der Waals surface area contributed by atoms with Crippen molar-refractivity contribution in [2.24, 2.45) is 11.3 Å². The van der Waals surface area contributed by atoms with Crippen LogP contribution in [0.4, 0.5) is 0 Å². The van der Waals surface area contributed by atoms with Crippen molar-refractivity contribution in [2.45, 2.75) is 46.1 Å². The summed E-state index contributed by atoms with van der Waals surface area (Å²) in [5, 5.41) is 0. The molecule has 0 aromatic heterocycles. The number of ether oxygens (including phenoxy) is 2. The molecule has 0 fully saturated rings. The van der Waals surface area contributed by atoms with E-state index < -0.39 is 0 Å². The van der Waals surface area contributed by atoms with E-state index in [0.717, 1.165) is 37.2 Å². The van der Waals surface area contributed by atoms with Crippen LogP contribution in [0.2, 0.25) is 0 Å². The smallest absolute Gasteiger partial charge is 0.336 e. The molecule has 0 saturated heterocycles. The monoisotopic (exact) mass is 274 g/mol. The first-order valence-electron chi connectivity index (χ1n) is 7.51. The Kier molecular flexibility index (Phi) is 3.33. The summed E-state index contributed by atoms with van der Waals surface area (Å²) in [6.45, 7) is 7.50. The van der Waals surface area contributed by atoms with Crippen LogP contribution in [0.15, 0.2) is 35.1 Å². The Hall–Kier alpha value is -1.35. The molecule has 0 bridgehead atoms. The van der Waals surface area contributed by atoms with Gasteiger partial charge in [-0.25, -0.2) is 4.79 Å². The molecule has 20 heavy (non-hydrogen) atoms. The van der Waals surface area contributed by atoms with E-state index in [2.05, 4.69) is 26.8 Å². The minimum Gasteiger partial charge on any atom is -0.423 e. The molecule has 0 amide bonds. The summed E-state index contributed by atoms with van der Waals surface area (Å²) in [6, 6.07) is 0. The average Bonchev–Trinajstić information content (AvgIpc) is 2.75. The molecule has 0 N–H and O–H groups in total. The summed E-state index contributed by atoms with van der Waals surface area (Å²) in [7, 11) is 0. The Bertz CT molecular complexity index is 526. The molecular weight excluding hydrogens is 252 g/mol. The van der Waals surface area contributed by atoms with Gasteiger partial charge in [0.1, 0.15) is 5.76 Å². The third kappa shape index (κ3) is 2.05. The summed E-state index contributed by atoms with van der Waals surface area (Å²) >= 11 is 0. The van der Waals surface area contributed by atoms with E-state index in [4.69, 9.17) is 9.47 Å². The highest BCUT2D eigenvalue weighted by molar-refractivity contribution is 5.88. The van der Waals surface area contributed by atoms with Crippen molar-refractivity contribution in [3.8, 4) is 0 Å². The van der Waals surface area contributed by atoms with Gasteiger partial charge in [0.15, 0.2) is 0 Å². The fraction of sp³-hybridized carbons (Fsp3) is 0.588. The highest BCUT2D eigenvalue weighted by atomic mass is 16.5. The zero-order valence-corrected chi connectivity index (χ0v) is 12.4. The topological polar surface area (TPSA) is 35.5 Å². The van der Waals surface area contributed by atoms with Crippen LogP contribution in [0.1, 0.15) is 40.0 Å². The summed E-state index contributed by atoms with van der Waals surface area (Å²) in [5.41, 5.74) is 2.38. The second kappa shape index (κ2) is 4.88. The maximum absolute atomic E-state index is 11.4. The first-order valence-corrected chi connectivity index (χ1v) is 7.51. The third-order valence-corrected chi connectivity index (χ3v) is 4.99. The van der Waals surface area contributed by atoms with Gasteiger partial charge in [0.05, 0.1) is 6.10 Å². The van der Waals surface area contributed by atoms with Crippen LogP contribution in [0.3, 0.4) is 0 Å². The first-order chi connectivity index (χ1) is 9.54. The number of allylic oxidation sites excluding steroid dienone is 3. The van der Waals surface area contributed by atoms with Crippen molar-refractivity contribution < 1.29 is 14.3 Å². The zero-order valence-electron chi connectivity index (χ0n) is 12.4. The molecule has 0 aromatic carbocycles. The summed E-state index contributed by atoms with van der Waals surface area (Å²) < 4.78 is 11.3. The molecule has 0 aromatic rings. The van der Waals surface area contributed by atoms with Crippen molar-refractivity contribution in [3.63, 3.8) is 0 Å². The van der Waals surface area contributed by atoms with Crippen LogP contribution >= 0.6 is 0 Å². The second-order valence-corrected chi connectivity index (χ2v) is 6.29. The second-order valence-electron chi connectivity index (χ2n) is 6.29. The molecule has 3 heteroatoms. The van der Waals surface area contributed by atoms with Crippen molar-refractivity contribution >= 4 is 5.97 Å².